The smallest absolute Gasteiger partial charge is 0.339 e. The number of carboxylic acid groups (broad SMARTS) is 1. The van der Waals surface area contributed by atoms with Crippen LogP contribution in [0.4, 0.5) is 4.79 Å². The van der Waals surface area contributed by atoms with Gasteiger partial charge in [-0.3, -0.25) is 4.84 Å². The topological polar surface area (TPSA) is 87.7 Å². The largest absolute Gasteiger partial charge is 0.479 e. The lowest BCUT2D eigenvalue weighted by molar-refractivity contribution is -0.144. The predicted octanol–water partition coefficient (Wildman–Crippen LogP) is 1.90. The molecule has 1 aromatic rings. The Labute approximate surface area is 109 Å². The van der Waals surface area contributed by atoms with Crippen LogP contribution < -0.4 is 10.8 Å². The lowest BCUT2D eigenvalue weighted by Gasteiger charge is -2.16. The third kappa shape index (κ3) is 5.15. The summed E-state index contributed by atoms with van der Waals surface area (Å²) in [7, 11) is 0. The summed E-state index contributed by atoms with van der Waals surface area (Å²) in [5, 5.41) is 13.0. The molecule has 1 heterocycles. The minimum absolute atomic E-state index is 0.0802. The number of urea groups is 1. The maximum absolute atomic E-state index is 11.5. The van der Waals surface area contributed by atoms with E-state index in [9.17, 15) is 9.59 Å². The van der Waals surface area contributed by atoms with E-state index in [2.05, 4.69) is 10.2 Å². The highest BCUT2D eigenvalue weighted by molar-refractivity contribution is 7.10. The van der Waals surface area contributed by atoms with Crippen molar-refractivity contribution in [2.75, 3.05) is 6.61 Å². The molecule has 100 valence electrons. The summed E-state index contributed by atoms with van der Waals surface area (Å²) in [6, 6.07) is 3.25. The summed E-state index contributed by atoms with van der Waals surface area (Å²) in [6.07, 6.45) is 1.74. The van der Waals surface area contributed by atoms with Gasteiger partial charge in [-0.25, -0.2) is 15.1 Å². The fraction of sp³-hybridized carbons (Fsp3) is 0.455. The van der Waals surface area contributed by atoms with Crippen LogP contribution in [0, 0.1) is 0 Å². The molecule has 0 fully saturated rings. The fourth-order valence-corrected chi connectivity index (χ4v) is 2.23. The van der Waals surface area contributed by atoms with E-state index in [1.807, 2.05) is 29.9 Å². The van der Waals surface area contributed by atoms with Gasteiger partial charge in [0.15, 0.2) is 6.61 Å². The average molecular weight is 272 g/mol. The Kier molecular flexibility index (Phi) is 6.16. The van der Waals surface area contributed by atoms with Gasteiger partial charge in [-0.05, 0) is 17.9 Å². The Balaban J connectivity index is 2.41. The lowest BCUT2D eigenvalue weighted by Crippen LogP contribution is -2.38. The third-order valence-electron chi connectivity index (χ3n) is 2.13. The van der Waals surface area contributed by atoms with E-state index in [0.717, 1.165) is 17.7 Å². The molecule has 2 amide bonds. The van der Waals surface area contributed by atoms with Gasteiger partial charge in [0.2, 0.25) is 0 Å². The highest BCUT2D eigenvalue weighted by Crippen LogP contribution is 2.22. The van der Waals surface area contributed by atoms with Gasteiger partial charge < -0.3 is 10.4 Å². The Hall–Kier alpha value is -1.60. The normalized spacial score (nSPS) is 11.8. The summed E-state index contributed by atoms with van der Waals surface area (Å²) in [6.45, 7) is 1.46. The van der Waals surface area contributed by atoms with Crippen LogP contribution in [-0.2, 0) is 9.63 Å². The summed E-state index contributed by atoms with van der Waals surface area (Å²) >= 11 is 1.56. The number of carbonyl (C=O) groups is 2. The first-order valence-corrected chi connectivity index (χ1v) is 6.45. The maximum Gasteiger partial charge on any atom is 0.339 e. The van der Waals surface area contributed by atoms with Crippen LogP contribution in [0.25, 0.3) is 0 Å². The number of thiophene rings is 1. The van der Waals surface area contributed by atoms with Crippen molar-refractivity contribution in [1.29, 1.82) is 0 Å². The highest BCUT2D eigenvalue weighted by atomic mass is 32.1. The number of carbonyl (C=O) groups excluding carboxylic acids is 1. The molecule has 0 saturated carbocycles. The van der Waals surface area contributed by atoms with Gasteiger partial charge in [-0.15, -0.1) is 11.3 Å². The van der Waals surface area contributed by atoms with Crippen molar-refractivity contribution < 1.29 is 19.5 Å². The molecule has 0 aliphatic rings. The minimum Gasteiger partial charge on any atom is -0.479 e. The van der Waals surface area contributed by atoms with Crippen molar-refractivity contribution >= 4 is 23.3 Å². The number of rotatable bonds is 7. The van der Waals surface area contributed by atoms with E-state index in [1.54, 1.807) is 11.3 Å². The molecule has 0 aliphatic carbocycles. The molecule has 18 heavy (non-hydrogen) atoms. The van der Waals surface area contributed by atoms with E-state index in [-0.39, 0.29) is 6.04 Å². The molecule has 0 aromatic carbocycles. The van der Waals surface area contributed by atoms with Gasteiger partial charge in [0.25, 0.3) is 0 Å². The lowest BCUT2D eigenvalue weighted by atomic mass is 10.1. The molecule has 3 N–H and O–H groups in total. The standard InChI is InChI=1S/C11H16N2O4S/c1-2-4-8(9-5-3-6-18-9)12-11(16)13-17-7-10(14)15/h3,5-6,8H,2,4,7H2,1H3,(H,14,15)(H2,12,13,16). The number of amides is 2. The van der Waals surface area contributed by atoms with Gasteiger partial charge in [0.05, 0.1) is 6.04 Å². The minimum atomic E-state index is -1.14. The van der Waals surface area contributed by atoms with Gasteiger partial charge in [0.1, 0.15) is 0 Å². The molecule has 0 radical (unpaired) electrons. The van der Waals surface area contributed by atoms with Gasteiger partial charge in [0, 0.05) is 4.88 Å². The number of aliphatic carboxylic acids is 1. The van der Waals surface area contributed by atoms with Crippen molar-refractivity contribution in [3.63, 3.8) is 0 Å². The first-order chi connectivity index (χ1) is 8.63. The molecule has 0 saturated heterocycles. The Morgan fingerprint density at radius 2 is 2.33 bits per heavy atom. The molecule has 0 spiro atoms. The third-order valence-corrected chi connectivity index (χ3v) is 3.12. The second-order valence-electron chi connectivity index (χ2n) is 3.61. The SMILES string of the molecule is CCCC(NC(=O)NOCC(=O)O)c1cccs1. The van der Waals surface area contributed by atoms with Crippen molar-refractivity contribution in [3.8, 4) is 0 Å². The second kappa shape index (κ2) is 7.67. The zero-order valence-corrected chi connectivity index (χ0v) is 10.8. The summed E-state index contributed by atoms with van der Waals surface area (Å²) < 4.78 is 0. The first-order valence-electron chi connectivity index (χ1n) is 5.57. The Bertz CT molecular complexity index is 380. The quantitative estimate of drug-likeness (QED) is 0.662. The summed E-state index contributed by atoms with van der Waals surface area (Å²) in [5.74, 6) is -1.14. The van der Waals surface area contributed by atoms with Crippen molar-refractivity contribution in [2.24, 2.45) is 0 Å². The Morgan fingerprint density at radius 3 is 2.89 bits per heavy atom. The second-order valence-corrected chi connectivity index (χ2v) is 4.59. The zero-order valence-electron chi connectivity index (χ0n) is 10.0. The molecule has 1 rings (SSSR count). The number of hydrogen-bond donors (Lipinski definition) is 3. The predicted molar refractivity (Wildman–Crippen MR) is 67.2 cm³/mol. The molecule has 1 atom stereocenters. The molecular weight excluding hydrogens is 256 g/mol. The average Bonchev–Trinajstić information content (AvgIpc) is 2.81. The molecule has 6 nitrogen and oxygen atoms in total. The van der Waals surface area contributed by atoms with Crippen molar-refractivity contribution in [2.45, 2.75) is 25.8 Å². The van der Waals surface area contributed by atoms with Crippen LogP contribution in [0.5, 0.6) is 0 Å². The number of hydroxylamine groups is 1. The molecule has 1 aromatic heterocycles. The molecule has 0 aliphatic heterocycles. The number of nitrogens with one attached hydrogen (secondary N) is 2. The van der Waals surface area contributed by atoms with Gasteiger partial charge >= 0.3 is 12.0 Å². The summed E-state index contributed by atoms with van der Waals surface area (Å²) in [4.78, 5) is 27.2. The van der Waals surface area contributed by atoms with E-state index >= 15 is 0 Å². The van der Waals surface area contributed by atoms with E-state index in [1.165, 1.54) is 0 Å². The zero-order chi connectivity index (χ0) is 13.4. The van der Waals surface area contributed by atoms with Crippen LogP contribution in [0.3, 0.4) is 0 Å². The van der Waals surface area contributed by atoms with Crippen LogP contribution in [0.1, 0.15) is 30.7 Å². The molecular formula is C11H16N2O4S. The van der Waals surface area contributed by atoms with Crippen LogP contribution in [-0.4, -0.2) is 23.7 Å². The molecule has 0 bridgehead atoms. The summed E-state index contributed by atoms with van der Waals surface area (Å²) in [5.41, 5.74) is 2.04. The first kappa shape index (κ1) is 14.5. The van der Waals surface area contributed by atoms with Gasteiger partial charge in [-0.1, -0.05) is 19.4 Å². The van der Waals surface area contributed by atoms with E-state index < -0.39 is 18.6 Å². The molecule has 1 unspecified atom stereocenters. The highest BCUT2D eigenvalue weighted by Gasteiger charge is 2.14. The van der Waals surface area contributed by atoms with Gasteiger partial charge in [-0.2, -0.15) is 0 Å². The molecule has 7 heteroatoms. The van der Waals surface area contributed by atoms with Crippen LogP contribution >= 0.6 is 11.3 Å². The van der Waals surface area contributed by atoms with E-state index in [4.69, 9.17) is 5.11 Å². The maximum atomic E-state index is 11.5. The monoisotopic (exact) mass is 272 g/mol. The van der Waals surface area contributed by atoms with Crippen LogP contribution in [0.2, 0.25) is 0 Å². The van der Waals surface area contributed by atoms with Crippen molar-refractivity contribution in [1.82, 2.24) is 10.8 Å². The van der Waals surface area contributed by atoms with Crippen molar-refractivity contribution in [3.05, 3.63) is 22.4 Å². The number of hydrogen-bond acceptors (Lipinski definition) is 4. The van der Waals surface area contributed by atoms with E-state index in [0.29, 0.717) is 0 Å². The Morgan fingerprint density at radius 1 is 1.56 bits per heavy atom. The number of carboxylic acids is 1. The van der Waals surface area contributed by atoms with Crippen LogP contribution in [0.15, 0.2) is 17.5 Å². The fourth-order valence-electron chi connectivity index (χ4n) is 1.41.